The van der Waals surface area contributed by atoms with Gasteiger partial charge in [-0.2, -0.15) is 0 Å². The van der Waals surface area contributed by atoms with Gasteiger partial charge in [-0.3, -0.25) is 4.79 Å². The highest BCUT2D eigenvalue weighted by atomic mass is 32.1. The summed E-state index contributed by atoms with van der Waals surface area (Å²) >= 11 is 1.62. The lowest BCUT2D eigenvalue weighted by atomic mass is 9.93. The van der Waals surface area contributed by atoms with E-state index in [9.17, 15) is 4.79 Å². The number of nitrogens with one attached hydrogen (secondary N) is 2. The van der Waals surface area contributed by atoms with E-state index in [1.54, 1.807) is 11.3 Å². The second kappa shape index (κ2) is 8.33. The molecule has 5 heterocycles. The Morgan fingerprint density at radius 1 is 1.37 bits per heavy atom. The number of carbonyl (C=O) groups excluding carboxylic acids is 1. The number of amides is 1. The van der Waals surface area contributed by atoms with Crippen LogP contribution in [0.25, 0.3) is 5.52 Å². The molecule has 3 aromatic rings. The van der Waals surface area contributed by atoms with Gasteiger partial charge in [0, 0.05) is 49.0 Å². The van der Waals surface area contributed by atoms with Crippen LogP contribution in [0.1, 0.15) is 29.3 Å². The van der Waals surface area contributed by atoms with Crippen molar-refractivity contribution in [2.45, 2.75) is 31.7 Å². The fourth-order valence-corrected chi connectivity index (χ4v) is 4.87. The molecule has 8 nitrogen and oxygen atoms in total. The molecule has 2 aliphatic rings. The average molecular weight is 427 g/mol. The zero-order chi connectivity index (χ0) is 20.5. The number of likely N-dealkylation sites (tertiary alicyclic amines) is 1. The quantitative estimate of drug-likeness (QED) is 0.667. The summed E-state index contributed by atoms with van der Waals surface area (Å²) in [5.74, 6) is 1.31. The number of nitrogens with zero attached hydrogens (tertiary/aromatic N) is 4. The van der Waals surface area contributed by atoms with Crippen molar-refractivity contribution in [1.82, 2.24) is 24.6 Å². The van der Waals surface area contributed by atoms with E-state index in [1.165, 1.54) is 0 Å². The minimum Gasteiger partial charge on any atom is -0.378 e. The van der Waals surface area contributed by atoms with Crippen LogP contribution in [0.5, 0.6) is 0 Å². The predicted octanol–water partition coefficient (Wildman–Crippen LogP) is 2.54. The number of ether oxygens (including phenoxy) is 1. The van der Waals surface area contributed by atoms with Crippen LogP contribution in [-0.2, 0) is 9.53 Å². The van der Waals surface area contributed by atoms with Crippen molar-refractivity contribution in [2.75, 3.05) is 38.2 Å². The van der Waals surface area contributed by atoms with Crippen LogP contribution in [0.3, 0.4) is 0 Å². The Morgan fingerprint density at radius 3 is 2.97 bits per heavy atom. The van der Waals surface area contributed by atoms with Crippen LogP contribution in [-0.4, -0.2) is 64.1 Å². The van der Waals surface area contributed by atoms with Crippen LogP contribution < -0.4 is 10.6 Å². The zero-order valence-corrected chi connectivity index (χ0v) is 17.8. The smallest absolute Gasteiger partial charge is 0.242 e. The number of aromatic nitrogens is 3. The Hall–Kier alpha value is -2.49. The molecule has 0 saturated carbocycles. The lowest BCUT2D eigenvalue weighted by Crippen LogP contribution is -2.54. The number of morpholine rings is 1. The number of hydrogen-bond acceptors (Lipinski definition) is 7. The lowest BCUT2D eigenvalue weighted by Gasteiger charge is -2.35. The van der Waals surface area contributed by atoms with Crippen LogP contribution in [0.2, 0.25) is 0 Å². The first-order valence-corrected chi connectivity index (χ1v) is 11.3. The highest BCUT2D eigenvalue weighted by molar-refractivity contribution is 7.15. The van der Waals surface area contributed by atoms with Gasteiger partial charge in [-0.1, -0.05) is 0 Å². The Labute approximate surface area is 179 Å². The summed E-state index contributed by atoms with van der Waals surface area (Å²) in [6.45, 7) is 5.43. The maximum Gasteiger partial charge on any atom is 0.242 e. The maximum atomic E-state index is 12.7. The number of rotatable bonds is 4. The number of thiazole rings is 1. The molecule has 2 aliphatic heterocycles. The van der Waals surface area contributed by atoms with Crippen molar-refractivity contribution in [2.24, 2.45) is 0 Å². The average Bonchev–Trinajstić information content (AvgIpc) is 3.43. The van der Waals surface area contributed by atoms with E-state index in [4.69, 9.17) is 9.72 Å². The van der Waals surface area contributed by atoms with E-state index in [0.717, 1.165) is 59.5 Å². The lowest BCUT2D eigenvalue weighted by molar-refractivity contribution is -0.137. The van der Waals surface area contributed by atoms with Crippen molar-refractivity contribution in [3.63, 3.8) is 0 Å². The van der Waals surface area contributed by atoms with E-state index >= 15 is 0 Å². The minimum atomic E-state index is -0.206. The van der Waals surface area contributed by atoms with E-state index < -0.39 is 0 Å². The van der Waals surface area contributed by atoms with Crippen LogP contribution in [0.4, 0.5) is 10.9 Å². The van der Waals surface area contributed by atoms with Crippen LogP contribution in [0, 0.1) is 6.92 Å². The van der Waals surface area contributed by atoms with Crippen molar-refractivity contribution in [3.8, 4) is 0 Å². The molecule has 2 saturated heterocycles. The van der Waals surface area contributed by atoms with Gasteiger partial charge in [-0.15, -0.1) is 11.3 Å². The molecular formula is C21H26N6O2S. The second-order valence-electron chi connectivity index (χ2n) is 7.90. The van der Waals surface area contributed by atoms with Crippen molar-refractivity contribution >= 4 is 33.7 Å². The molecule has 9 heteroatoms. The van der Waals surface area contributed by atoms with Gasteiger partial charge < -0.3 is 24.7 Å². The standard InChI is InChI=1S/C21H26N6O2S/c1-14-11-23-21(30-14)25-19-18-3-2-7-27(18)12-16(24-19)15-4-8-26(9-5-15)20(28)17-13-29-10-6-22-17/h2-3,7,11-12,15,17,22H,4-6,8-10,13H2,1H3,(H,23,24,25). The summed E-state index contributed by atoms with van der Waals surface area (Å²) in [5.41, 5.74) is 2.09. The molecule has 3 aromatic heterocycles. The Morgan fingerprint density at radius 2 is 2.23 bits per heavy atom. The molecule has 30 heavy (non-hydrogen) atoms. The summed E-state index contributed by atoms with van der Waals surface area (Å²) in [6.07, 6.45) is 7.85. The zero-order valence-electron chi connectivity index (χ0n) is 17.0. The number of anilines is 2. The first-order valence-electron chi connectivity index (χ1n) is 10.4. The molecule has 2 N–H and O–H groups in total. The van der Waals surface area contributed by atoms with E-state index in [-0.39, 0.29) is 11.9 Å². The Kier molecular flexibility index (Phi) is 5.41. The highest BCUT2D eigenvalue weighted by Crippen LogP contribution is 2.31. The van der Waals surface area contributed by atoms with Crippen molar-refractivity contribution in [1.29, 1.82) is 0 Å². The minimum absolute atomic E-state index is 0.156. The molecule has 0 aromatic carbocycles. The summed E-state index contributed by atoms with van der Waals surface area (Å²) in [4.78, 5) is 25.2. The molecule has 1 amide bonds. The Bertz CT molecular complexity index is 1030. The normalized spacial score (nSPS) is 20.6. The summed E-state index contributed by atoms with van der Waals surface area (Å²) < 4.78 is 7.56. The fourth-order valence-electron chi connectivity index (χ4n) is 4.21. The molecular weight excluding hydrogens is 400 g/mol. The fraction of sp³-hybridized carbons (Fsp3) is 0.476. The van der Waals surface area contributed by atoms with Crippen LogP contribution in [0.15, 0.2) is 30.7 Å². The van der Waals surface area contributed by atoms with E-state index in [0.29, 0.717) is 19.1 Å². The third-order valence-electron chi connectivity index (χ3n) is 5.83. The Balaban J connectivity index is 1.31. The first kappa shape index (κ1) is 19.5. The van der Waals surface area contributed by atoms with Gasteiger partial charge in [0.2, 0.25) is 5.91 Å². The summed E-state index contributed by atoms with van der Waals surface area (Å²) in [5, 5.41) is 7.51. The SMILES string of the molecule is Cc1cnc(Nc2nc(C3CCN(C(=O)C4COCCN4)CC3)cn3cccc23)s1. The van der Waals surface area contributed by atoms with Crippen LogP contribution >= 0.6 is 11.3 Å². The van der Waals surface area contributed by atoms with Crippen molar-refractivity contribution < 1.29 is 9.53 Å². The monoisotopic (exact) mass is 426 g/mol. The largest absolute Gasteiger partial charge is 0.378 e. The van der Waals surface area contributed by atoms with E-state index in [2.05, 4.69) is 32.3 Å². The maximum absolute atomic E-state index is 12.7. The third kappa shape index (κ3) is 3.92. The van der Waals surface area contributed by atoms with Gasteiger partial charge in [0.15, 0.2) is 10.9 Å². The molecule has 158 valence electrons. The van der Waals surface area contributed by atoms with E-state index in [1.807, 2.05) is 30.3 Å². The molecule has 5 rings (SSSR count). The van der Waals surface area contributed by atoms with Gasteiger partial charge in [-0.25, -0.2) is 9.97 Å². The van der Waals surface area contributed by atoms with Gasteiger partial charge in [-0.05, 0) is 31.9 Å². The molecule has 0 spiro atoms. The topological polar surface area (TPSA) is 83.8 Å². The number of aryl methyl sites for hydroxylation is 1. The van der Waals surface area contributed by atoms with Gasteiger partial charge in [0.1, 0.15) is 6.04 Å². The van der Waals surface area contributed by atoms with Gasteiger partial charge in [0.25, 0.3) is 0 Å². The third-order valence-corrected chi connectivity index (χ3v) is 6.65. The van der Waals surface area contributed by atoms with Crippen molar-refractivity contribution in [3.05, 3.63) is 41.3 Å². The number of carbonyl (C=O) groups is 1. The molecule has 1 atom stereocenters. The second-order valence-corrected chi connectivity index (χ2v) is 9.13. The molecule has 0 radical (unpaired) electrons. The molecule has 0 bridgehead atoms. The number of piperidine rings is 1. The van der Waals surface area contributed by atoms with Gasteiger partial charge in [0.05, 0.1) is 24.4 Å². The highest BCUT2D eigenvalue weighted by Gasteiger charge is 2.30. The predicted molar refractivity (Wildman–Crippen MR) is 116 cm³/mol. The molecule has 1 unspecified atom stereocenters. The number of hydrogen-bond donors (Lipinski definition) is 2. The molecule has 0 aliphatic carbocycles. The summed E-state index contributed by atoms with van der Waals surface area (Å²) in [6, 6.07) is 3.88. The summed E-state index contributed by atoms with van der Waals surface area (Å²) in [7, 11) is 0. The first-order chi connectivity index (χ1) is 14.7. The number of fused-ring (bicyclic) bond motifs is 1. The van der Waals surface area contributed by atoms with Gasteiger partial charge >= 0.3 is 0 Å². The molecule has 2 fully saturated rings.